The second-order valence-electron chi connectivity index (χ2n) is 6.28. The number of benzene rings is 2. The molecular formula is C20H19BrFN3O3. The van der Waals surface area contributed by atoms with Gasteiger partial charge >= 0.3 is 0 Å². The summed E-state index contributed by atoms with van der Waals surface area (Å²) >= 11 is 3.41. The highest BCUT2D eigenvalue weighted by molar-refractivity contribution is 9.10. The number of nitrogens with one attached hydrogen (secondary N) is 1. The van der Waals surface area contributed by atoms with E-state index in [0.717, 1.165) is 15.6 Å². The Morgan fingerprint density at radius 1 is 1.21 bits per heavy atom. The topological polar surface area (TPSA) is 71.0 Å². The van der Waals surface area contributed by atoms with E-state index in [1.165, 1.54) is 17.1 Å². The number of rotatable bonds is 6. The third kappa shape index (κ3) is 4.95. The van der Waals surface area contributed by atoms with Crippen LogP contribution < -0.4 is 10.1 Å². The molecule has 146 valence electrons. The minimum atomic E-state index is -0.345. The third-order valence-corrected chi connectivity index (χ3v) is 4.90. The lowest BCUT2D eigenvalue weighted by molar-refractivity contribution is -0.132. The molecule has 2 amide bonds. The summed E-state index contributed by atoms with van der Waals surface area (Å²) in [4.78, 5) is 24.6. The van der Waals surface area contributed by atoms with Gasteiger partial charge in [0, 0.05) is 19.4 Å². The smallest absolute Gasteiger partial charge is 0.267 e. The first-order valence-electron chi connectivity index (χ1n) is 8.69. The van der Waals surface area contributed by atoms with Crippen molar-refractivity contribution in [2.75, 3.05) is 7.11 Å². The summed E-state index contributed by atoms with van der Waals surface area (Å²) in [5.41, 5.74) is 1.94. The van der Waals surface area contributed by atoms with Crippen molar-refractivity contribution in [1.82, 2.24) is 10.3 Å². The molecule has 28 heavy (non-hydrogen) atoms. The number of carbonyl (C=O) groups excluding carboxylic acids is 2. The summed E-state index contributed by atoms with van der Waals surface area (Å²) in [5, 5.41) is 8.28. The lowest BCUT2D eigenvalue weighted by atomic mass is 10.1. The summed E-state index contributed by atoms with van der Waals surface area (Å²) in [6, 6.07) is 11.4. The molecule has 1 N–H and O–H groups in total. The zero-order valence-corrected chi connectivity index (χ0v) is 16.8. The van der Waals surface area contributed by atoms with Crippen LogP contribution in [0.4, 0.5) is 4.39 Å². The van der Waals surface area contributed by atoms with E-state index in [0.29, 0.717) is 18.0 Å². The van der Waals surface area contributed by atoms with Crippen LogP contribution in [0.5, 0.6) is 5.75 Å². The molecule has 1 aliphatic rings. The van der Waals surface area contributed by atoms with Crippen LogP contribution in [0, 0.1) is 5.82 Å². The van der Waals surface area contributed by atoms with E-state index >= 15 is 0 Å². The molecule has 0 bridgehead atoms. The predicted octanol–water partition coefficient (Wildman–Crippen LogP) is 3.39. The number of ether oxygens (including phenoxy) is 1. The maximum atomic E-state index is 13.0. The molecule has 8 heteroatoms. The fourth-order valence-electron chi connectivity index (χ4n) is 2.76. The van der Waals surface area contributed by atoms with Crippen molar-refractivity contribution in [3.05, 3.63) is 63.9 Å². The monoisotopic (exact) mass is 447 g/mol. The number of hydrogen-bond acceptors (Lipinski definition) is 4. The number of amides is 2. The molecule has 0 aliphatic carbocycles. The van der Waals surface area contributed by atoms with Gasteiger partial charge in [0.1, 0.15) is 17.3 Å². The van der Waals surface area contributed by atoms with Crippen LogP contribution >= 0.6 is 15.9 Å². The third-order valence-electron chi connectivity index (χ3n) is 4.28. The largest absolute Gasteiger partial charge is 0.496 e. The van der Waals surface area contributed by atoms with Crippen molar-refractivity contribution in [2.24, 2.45) is 5.10 Å². The normalized spacial score (nSPS) is 13.9. The molecule has 1 heterocycles. The van der Waals surface area contributed by atoms with Gasteiger partial charge in [-0.25, -0.2) is 9.40 Å². The van der Waals surface area contributed by atoms with Gasteiger partial charge < -0.3 is 10.1 Å². The second kappa shape index (κ2) is 8.97. The minimum Gasteiger partial charge on any atom is -0.496 e. The summed E-state index contributed by atoms with van der Waals surface area (Å²) < 4.78 is 19.0. The van der Waals surface area contributed by atoms with E-state index in [1.807, 2.05) is 18.2 Å². The van der Waals surface area contributed by atoms with Crippen LogP contribution in [0.1, 0.15) is 24.0 Å². The van der Waals surface area contributed by atoms with E-state index in [-0.39, 0.29) is 37.0 Å². The van der Waals surface area contributed by atoms with Gasteiger partial charge in [0.15, 0.2) is 0 Å². The van der Waals surface area contributed by atoms with Gasteiger partial charge in [-0.1, -0.05) is 18.2 Å². The average Bonchev–Trinajstić information content (AvgIpc) is 2.69. The van der Waals surface area contributed by atoms with Crippen molar-refractivity contribution in [3.63, 3.8) is 0 Å². The van der Waals surface area contributed by atoms with Gasteiger partial charge in [0.2, 0.25) is 5.91 Å². The van der Waals surface area contributed by atoms with Crippen LogP contribution in [-0.2, 0) is 22.7 Å². The molecule has 6 nitrogen and oxygen atoms in total. The number of hydrazone groups is 1. The Morgan fingerprint density at radius 2 is 1.93 bits per heavy atom. The van der Waals surface area contributed by atoms with Crippen molar-refractivity contribution in [1.29, 1.82) is 0 Å². The Labute approximate surface area is 170 Å². The van der Waals surface area contributed by atoms with Gasteiger partial charge in [-0.15, -0.1) is 0 Å². The Hall–Kier alpha value is -2.74. The molecule has 0 aromatic heterocycles. The van der Waals surface area contributed by atoms with E-state index in [1.54, 1.807) is 19.2 Å². The van der Waals surface area contributed by atoms with Crippen molar-refractivity contribution < 1.29 is 18.7 Å². The maximum absolute atomic E-state index is 13.0. The number of hydrogen-bond donors (Lipinski definition) is 1. The predicted molar refractivity (Wildman–Crippen MR) is 106 cm³/mol. The van der Waals surface area contributed by atoms with E-state index < -0.39 is 0 Å². The first-order valence-corrected chi connectivity index (χ1v) is 9.48. The molecule has 2 aromatic carbocycles. The average molecular weight is 448 g/mol. The zero-order valence-electron chi connectivity index (χ0n) is 15.2. The molecule has 0 fully saturated rings. The quantitative estimate of drug-likeness (QED) is 0.737. The van der Waals surface area contributed by atoms with Gasteiger partial charge in [-0.2, -0.15) is 5.10 Å². The second-order valence-corrected chi connectivity index (χ2v) is 7.13. The maximum Gasteiger partial charge on any atom is 0.267 e. The molecule has 2 aromatic rings. The van der Waals surface area contributed by atoms with Gasteiger partial charge in [0.25, 0.3) is 5.91 Å². The molecule has 0 unspecified atom stereocenters. The summed E-state index contributed by atoms with van der Waals surface area (Å²) in [6.07, 6.45) is 0.498. The lowest BCUT2D eigenvalue weighted by Gasteiger charge is -2.23. The SMILES string of the molecule is COc1ccc(CNC(=O)C2=NN(Cc3ccc(F)cc3)C(=O)CC2)cc1Br. The Kier molecular flexibility index (Phi) is 6.41. The van der Waals surface area contributed by atoms with Crippen molar-refractivity contribution >= 4 is 33.5 Å². The highest BCUT2D eigenvalue weighted by Gasteiger charge is 2.24. The lowest BCUT2D eigenvalue weighted by Crippen LogP contribution is -2.38. The number of nitrogens with zero attached hydrogens (tertiary/aromatic N) is 2. The molecule has 0 radical (unpaired) electrons. The van der Waals surface area contributed by atoms with Crippen LogP contribution in [-0.4, -0.2) is 29.6 Å². The zero-order chi connectivity index (χ0) is 20.1. The van der Waals surface area contributed by atoms with Crippen molar-refractivity contribution in [2.45, 2.75) is 25.9 Å². The molecule has 0 atom stereocenters. The molecule has 3 rings (SSSR count). The van der Waals surface area contributed by atoms with Crippen LogP contribution in [0.3, 0.4) is 0 Å². The first-order chi connectivity index (χ1) is 13.5. The molecule has 0 saturated carbocycles. The van der Waals surface area contributed by atoms with Crippen LogP contribution in [0.25, 0.3) is 0 Å². The summed E-state index contributed by atoms with van der Waals surface area (Å²) in [7, 11) is 1.59. The number of carbonyl (C=O) groups is 2. The summed E-state index contributed by atoms with van der Waals surface area (Å²) in [5.74, 6) is -0.118. The van der Waals surface area contributed by atoms with Crippen LogP contribution in [0.15, 0.2) is 52.0 Å². The van der Waals surface area contributed by atoms with Gasteiger partial charge in [0.05, 0.1) is 18.1 Å². The number of halogens is 2. The van der Waals surface area contributed by atoms with Gasteiger partial charge in [-0.3, -0.25) is 9.59 Å². The fraction of sp³-hybridized carbons (Fsp3) is 0.250. The Morgan fingerprint density at radius 3 is 2.61 bits per heavy atom. The summed E-state index contributed by atoms with van der Waals surface area (Å²) in [6.45, 7) is 0.522. The van der Waals surface area contributed by atoms with E-state index in [4.69, 9.17) is 4.74 Å². The highest BCUT2D eigenvalue weighted by atomic mass is 79.9. The van der Waals surface area contributed by atoms with Gasteiger partial charge in [-0.05, 0) is 51.3 Å². The first kappa shape index (κ1) is 20.0. The molecular weight excluding hydrogens is 429 g/mol. The van der Waals surface area contributed by atoms with E-state index in [2.05, 4.69) is 26.3 Å². The highest BCUT2D eigenvalue weighted by Crippen LogP contribution is 2.25. The fourth-order valence-corrected chi connectivity index (χ4v) is 3.34. The standard InChI is InChI=1S/C20H19BrFN3O3/c1-28-18-8-4-14(10-16(18)21)11-23-20(27)17-7-9-19(26)25(24-17)12-13-2-5-15(22)6-3-13/h2-6,8,10H,7,9,11-12H2,1H3,(H,23,27). The molecule has 1 aliphatic heterocycles. The Bertz CT molecular complexity index is 915. The van der Waals surface area contributed by atoms with Crippen LogP contribution in [0.2, 0.25) is 0 Å². The van der Waals surface area contributed by atoms with E-state index in [9.17, 15) is 14.0 Å². The Balaban J connectivity index is 1.64. The molecule has 0 spiro atoms. The van der Waals surface area contributed by atoms with Crippen molar-refractivity contribution in [3.8, 4) is 5.75 Å². The molecule has 0 saturated heterocycles. The minimum absolute atomic E-state index is 0.167. The number of methoxy groups -OCH3 is 1.